The van der Waals surface area contributed by atoms with E-state index >= 15 is 0 Å². The van der Waals surface area contributed by atoms with Crippen LogP contribution in [-0.4, -0.2) is 55.0 Å². The fourth-order valence-electron chi connectivity index (χ4n) is 5.92. The van der Waals surface area contributed by atoms with Crippen LogP contribution in [-0.2, 0) is 9.59 Å². The minimum absolute atomic E-state index is 0.108. The first-order valence-corrected chi connectivity index (χ1v) is 19.3. The normalized spacial score (nSPS) is 12.8. The summed E-state index contributed by atoms with van der Waals surface area (Å²) < 4.78 is 0. The first-order chi connectivity index (χ1) is 21.5. The Morgan fingerprint density at radius 3 is 1.32 bits per heavy atom. The number of amides is 2. The molecule has 0 aliphatic rings. The zero-order valence-corrected chi connectivity index (χ0v) is 29.6. The van der Waals surface area contributed by atoms with Crippen LogP contribution in [0.2, 0.25) is 0 Å². The maximum Gasteiger partial charge on any atom is 0.239 e. The Bertz CT molecular complexity index is 633. The van der Waals surface area contributed by atoms with E-state index in [0.29, 0.717) is 25.9 Å². The molecule has 7 heteroatoms. The lowest BCUT2D eigenvalue weighted by Gasteiger charge is -2.26. The number of hydrogen-bond donors (Lipinski definition) is 4. The Morgan fingerprint density at radius 1 is 0.523 bits per heavy atom. The Kier molecular flexibility index (Phi) is 32.3. The Morgan fingerprint density at radius 2 is 0.909 bits per heavy atom. The van der Waals surface area contributed by atoms with Crippen LogP contribution < -0.4 is 22.5 Å². The van der Waals surface area contributed by atoms with Gasteiger partial charge in [-0.05, 0) is 51.5 Å². The molecule has 0 aliphatic carbocycles. The van der Waals surface area contributed by atoms with E-state index in [2.05, 4.69) is 24.1 Å². The smallest absolute Gasteiger partial charge is 0.239 e. The van der Waals surface area contributed by atoms with Gasteiger partial charge in [0.2, 0.25) is 11.8 Å². The molecular formula is C37H77N5O2. The minimum atomic E-state index is -0.498. The summed E-state index contributed by atoms with van der Waals surface area (Å²) in [4.78, 5) is 27.5. The van der Waals surface area contributed by atoms with E-state index in [4.69, 9.17) is 17.2 Å². The van der Waals surface area contributed by atoms with E-state index < -0.39 is 12.1 Å². The third kappa shape index (κ3) is 27.2. The van der Waals surface area contributed by atoms with Crippen LogP contribution in [0.1, 0.15) is 187 Å². The van der Waals surface area contributed by atoms with Gasteiger partial charge in [0.15, 0.2) is 0 Å². The summed E-state index contributed by atoms with van der Waals surface area (Å²) in [6, 6.07) is -0.958. The molecule has 0 fully saturated rings. The van der Waals surface area contributed by atoms with Crippen LogP contribution in [0.4, 0.5) is 0 Å². The average Bonchev–Trinajstić information content (AvgIpc) is 3.03. The van der Waals surface area contributed by atoms with Gasteiger partial charge < -0.3 is 27.4 Å². The van der Waals surface area contributed by atoms with Gasteiger partial charge in [-0.25, -0.2) is 0 Å². The highest BCUT2D eigenvalue weighted by molar-refractivity contribution is 5.82. The molecule has 0 spiro atoms. The zero-order chi connectivity index (χ0) is 32.5. The monoisotopic (exact) mass is 624 g/mol. The summed E-state index contributed by atoms with van der Waals surface area (Å²) in [5.41, 5.74) is 17.8. The van der Waals surface area contributed by atoms with E-state index in [9.17, 15) is 9.59 Å². The van der Waals surface area contributed by atoms with E-state index in [1.165, 1.54) is 128 Å². The van der Waals surface area contributed by atoms with Gasteiger partial charge in [-0.1, -0.05) is 142 Å². The van der Waals surface area contributed by atoms with Gasteiger partial charge >= 0.3 is 0 Å². The summed E-state index contributed by atoms with van der Waals surface area (Å²) in [6.45, 7) is 7.32. The molecule has 262 valence electrons. The standard InChI is InChI=1S/C37H77N5O2/c1-3-5-7-9-11-13-15-16-18-20-22-26-33-42(32-25-21-19-17-14-12-10-8-6-4-2)37(44)35(40)28-23-24-31-41-36(43)34(39)29-27-30-38/h34-35H,3-33,38-40H2,1-2H3,(H,41,43). The topological polar surface area (TPSA) is 127 Å². The van der Waals surface area contributed by atoms with Gasteiger partial charge in [0.1, 0.15) is 0 Å². The highest BCUT2D eigenvalue weighted by atomic mass is 16.2. The quantitative estimate of drug-likeness (QED) is 0.0538. The number of unbranched alkanes of at least 4 members (excludes halogenated alkanes) is 21. The predicted molar refractivity (Wildman–Crippen MR) is 191 cm³/mol. The molecule has 0 radical (unpaired) electrons. The first kappa shape index (κ1) is 42.8. The number of carbonyl (C=O) groups is 2. The second-order valence-corrected chi connectivity index (χ2v) is 13.3. The SMILES string of the molecule is CCCCCCCCCCCCCCN(CCCCCCCCCCCC)C(=O)C(N)CCCCNC(=O)C(N)CCCN. The molecule has 0 heterocycles. The van der Waals surface area contributed by atoms with Crippen molar-refractivity contribution in [2.75, 3.05) is 26.2 Å². The predicted octanol–water partition coefficient (Wildman–Crippen LogP) is 8.12. The van der Waals surface area contributed by atoms with E-state index in [0.717, 1.165) is 45.2 Å². The van der Waals surface area contributed by atoms with Crippen LogP contribution in [0.25, 0.3) is 0 Å². The van der Waals surface area contributed by atoms with Crippen molar-refractivity contribution in [1.29, 1.82) is 0 Å². The number of nitrogens with two attached hydrogens (primary N) is 3. The summed E-state index contributed by atoms with van der Waals surface area (Å²) in [5, 5.41) is 2.90. The molecule has 0 bridgehead atoms. The fraction of sp³-hybridized carbons (Fsp3) is 0.946. The molecule has 0 saturated carbocycles. The van der Waals surface area contributed by atoms with Crippen LogP contribution in [0.15, 0.2) is 0 Å². The number of carbonyl (C=O) groups excluding carboxylic acids is 2. The third-order valence-electron chi connectivity index (χ3n) is 8.99. The van der Waals surface area contributed by atoms with Gasteiger partial charge in [-0.3, -0.25) is 9.59 Å². The lowest BCUT2D eigenvalue weighted by Crippen LogP contribution is -2.44. The zero-order valence-electron chi connectivity index (χ0n) is 29.6. The lowest BCUT2D eigenvalue weighted by molar-refractivity contribution is -0.133. The van der Waals surface area contributed by atoms with Crippen molar-refractivity contribution in [2.45, 2.75) is 199 Å². The Labute approximate surface area is 274 Å². The molecule has 0 aromatic heterocycles. The van der Waals surface area contributed by atoms with Gasteiger partial charge in [-0.2, -0.15) is 0 Å². The maximum absolute atomic E-state index is 13.3. The molecular weight excluding hydrogens is 546 g/mol. The van der Waals surface area contributed by atoms with Crippen molar-refractivity contribution in [3.8, 4) is 0 Å². The second kappa shape index (κ2) is 33.2. The minimum Gasteiger partial charge on any atom is -0.355 e. The van der Waals surface area contributed by atoms with Crippen molar-refractivity contribution in [1.82, 2.24) is 10.2 Å². The lowest BCUT2D eigenvalue weighted by atomic mass is 10.0. The molecule has 2 unspecified atom stereocenters. The summed E-state index contributed by atoms with van der Waals surface area (Å²) in [6.07, 6.45) is 32.5. The van der Waals surface area contributed by atoms with Crippen molar-refractivity contribution in [3.63, 3.8) is 0 Å². The Balaban J connectivity index is 4.35. The fourth-order valence-corrected chi connectivity index (χ4v) is 5.92. The van der Waals surface area contributed by atoms with Crippen molar-refractivity contribution in [2.24, 2.45) is 17.2 Å². The maximum atomic E-state index is 13.3. The van der Waals surface area contributed by atoms with Crippen LogP contribution in [0.5, 0.6) is 0 Å². The molecule has 44 heavy (non-hydrogen) atoms. The van der Waals surface area contributed by atoms with Crippen LogP contribution in [0, 0.1) is 0 Å². The van der Waals surface area contributed by atoms with Gasteiger partial charge in [0, 0.05) is 19.6 Å². The van der Waals surface area contributed by atoms with E-state index in [-0.39, 0.29) is 11.8 Å². The summed E-state index contributed by atoms with van der Waals surface area (Å²) in [7, 11) is 0. The average molecular weight is 624 g/mol. The van der Waals surface area contributed by atoms with Gasteiger partial charge in [-0.15, -0.1) is 0 Å². The highest BCUT2D eigenvalue weighted by Gasteiger charge is 2.20. The van der Waals surface area contributed by atoms with E-state index in [1.54, 1.807) is 0 Å². The third-order valence-corrected chi connectivity index (χ3v) is 8.99. The number of nitrogens with zero attached hydrogens (tertiary/aromatic N) is 1. The molecule has 0 saturated heterocycles. The second-order valence-electron chi connectivity index (χ2n) is 13.3. The van der Waals surface area contributed by atoms with Crippen LogP contribution in [0.3, 0.4) is 0 Å². The largest absolute Gasteiger partial charge is 0.355 e. The summed E-state index contributed by atoms with van der Waals surface area (Å²) >= 11 is 0. The van der Waals surface area contributed by atoms with Crippen molar-refractivity contribution >= 4 is 11.8 Å². The molecule has 0 aliphatic heterocycles. The molecule has 0 aromatic carbocycles. The highest BCUT2D eigenvalue weighted by Crippen LogP contribution is 2.14. The number of hydrogen-bond acceptors (Lipinski definition) is 5. The molecule has 7 N–H and O–H groups in total. The Hall–Kier alpha value is -1.18. The number of rotatable bonds is 34. The first-order valence-electron chi connectivity index (χ1n) is 19.3. The molecule has 2 atom stereocenters. The molecule has 7 nitrogen and oxygen atoms in total. The molecule has 0 aromatic rings. The van der Waals surface area contributed by atoms with Crippen molar-refractivity contribution in [3.05, 3.63) is 0 Å². The van der Waals surface area contributed by atoms with Gasteiger partial charge in [0.25, 0.3) is 0 Å². The van der Waals surface area contributed by atoms with Gasteiger partial charge in [0.05, 0.1) is 12.1 Å². The van der Waals surface area contributed by atoms with Crippen LogP contribution >= 0.6 is 0 Å². The van der Waals surface area contributed by atoms with E-state index in [1.807, 2.05) is 0 Å². The van der Waals surface area contributed by atoms with Crippen molar-refractivity contribution < 1.29 is 9.59 Å². The summed E-state index contributed by atoms with van der Waals surface area (Å²) in [5.74, 6) is -0.0132. The molecule has 2 amide bonds. The molecule has 0 rings (SSSR count). The number of nitrogens with one attached hydrogen (secondary N) is 1.